The molecule has 9 heteroatoms. The van der Waals surface area contributed by atoms with Crippen LogP contribution in [0, 0.1) is 0 Å². The van der Waals surface area contributed by atoms with Crippen LogP contribution >= 0.6 is 0 Å². The van der Waals surface area contributed by atoms with Gasteiger partial charge in [0.2, 0.25) is 5.91 Å². The molecule has 1 aliphatic heterocycles. The molecule has 0 unspecified atom stereocenters. The third kappa shape index (κ3) is 4.63. The molecule has 0 saturated carbocycles. The van der Waals surface area contributed by atoms with Gasteiger partial charge in [-0.25, -0.2) is 0 Å². The maximum absolute atomic E-state index is 12.4. The third-order valence-corrected chi connectivity index (χ3v) is 3.88. The number of anilines is 2. The summed E-state index contributed by atoms with van der Waals surface area (Å²) >= 11 is 0. The van der Waals surface area contributed by atoms with Gasteiger partial charge >= 0.3 is 6.61 Å². The van der Waals surface area contributed by atoms with Crippen LogP contribution in [-0.4, -0.2) is 37.6 Å². The van der Waals surface area contributed by atoms with Crippen molar-refractivity contribution in [2.75, 3.05) is 23.3 Å². The number of fused-ring (bicyclic) bond motifs is 1. The van der Waals surface area contributed by atoms with Crippen molar-refractivity contribution in [3.05, 3.63) is 48.5 Å². The van der Waals surface area contributed by atoms with E-state index in [0.717, 1.165) is 0 Å². The van der Waals surface area contributed by atoms with E-state index >= 15 is 0 Å². The number of hydrogen-bond acceptors (Lipinski definition) is 5. The van der Waals surface area contributed by atoms with Crippen LogP contribution in [0.25, 0.3) is 0 Å². The van der Waals surface area contributed by atoms with E-state index in [0.29, 0.717) is 17.1 Å². The first-order valence-electron chi connectivity index (χ1n) is 8.07. The van der Waals surface area contributed by atoms with Crippen LogP contribution in [0.15, 0.2) is 48.5 Å². The zero-order valence-electron chi connectivity index (χ0n) is 14.1. The van der Waals surface area contributed by atoms with Gasteiger partial charge in [-0.15, -0.1) is 0 Å². The summed E-state index contributed by atoms with van der Waals surface area (Å²) in [7, 11) is 0. The maximum atomic E-state index is 12.4. The van der Waals surface area contributed by atoms with Gasteiger partial charge in [0.1, 0.15) is 11.5 Å². The van der Waals surface area contributed by atoms with Crippen molar-refractivity contribution < 1.29 is 27.8 Å². The number of amides is 2. The second kappa shape index (κ2) is 7.90. The minimum absolute atomic E-state index is 0.00518. The minimum Gasteiger partial charge on any atom is -0.477 e. The predicted molar refractivity (Wildman–Crippen MR) is 94.0 cm³/mol. The largest absolute Gasteiger partial charge is 0.477 e. The third-order valence-electron chi connectivity index (χ3n) is 3.88. The summed E-state index contributed by atoms with van der Waals surface area (Å²) in [6, 6.07) is 12.6. The molecule has 1 atom stereocenters. The molecule has 1 aliphatic rings. The maximum Gasteiger partial charge on any atom is 0.387 e. The molecule has 2 aromatic rings. The highest BCUT2D eigenvalue weighted by Crippen LogP contribution is 2.32. The zero-order valence-corrected chi connectivity index (χ0v) is 14.1. The van der Waals surface area contributed by atoms with Gasteiger partial charge in [-0.3, -0.25) is 9.59 Å². The first-order chi connectivity index (χ1) is 12.9. The fourth-order valence-corrected chi connectivity index (χ4v) is 2.70. The topological polar surface area (TPSA) is 93.9 Å². The average molecular weight is 377 g/mol. The number of carbonyl (C=O) groups excluding carboxylic acids is 2. The van der Waals surface area contributed by atoms with E-state index in [1.807, 2.05) is 0 Å². The number of benzene rings is 2. The van der Waals surface area contributed by atoms with Crippen LogP contribution in [0.5, 0.6) is 11.5 Å². The fraction of sp³-hybridized carbons (Fsp3) is 0.222. The molecule has 1 heterocycles. The Kier molecular flexibility index (Phi) is 5.39. The number of rotatable bonds is 6. The molecule has 2 amide bonds. The number of nitrogens with one attached hydrogen (secondary N) is 1. The second-order valence-electron chi connectivity index (χ2n) is 5.81. The van der Waals surface area contributed by atoms with Crippen LogP contribution < -0.4 is 25.4 Å². The lowest BCUT2D eigenvalue weighted by Crippen LogP contribution is -2.49. The van der Waals surface area contributed by atoms with E-state index in [4.69, 9.17) is 10.5 Å². The molecule has 0 bridgehead atoms. The number of ether oxygens (including phenoxy) is 2. The smallest absolute Gasteiger partial charge is 0.387 e. The Morgan fingerprint density at radius 3 is 2.59 bits per heavy atom. The van der Waals surface area contributed by atoms with Crippen LogP contribution in [0.4, 0.5) is 20.2 Å². The highest BCUT2D eigenvalue weighted by Gasteiger charge is 2.30. The fourth-order valence-electron chi connectivity index (χ4n) is 2.70. The first kappa shape index (κ1) is 18.4. The molecular weight excluding hydrogens is 360 g/mol. The zero-order chi connectivity index (χ0) is 19.4. The molecule has 2 aromatic carbocycles. The van der Waals surface area contributed by atoms with Crippen LogP contribution in [0.2, 0.25) is 0 Å². The van der Waals surface area contributed by atoms with Crippen molar-refractivity contribution in [3.8, 4) is 11.5 Å². The van der Waals surface area contributed by atoms with E-state index in [1.165, 1.54) is 24.3 Å². The van der Waals surface area contributed by atoms with Gasteiger partial charge < -0.3 is 25.4 Å². The van der Waals surface area contributed by atoms with E-state index < -0.39 is 18.6 Å². The average Bonchev–Trinajstić information content (AvgIpc) is 2.62. The molecule has 0 fully saturated rings. The highest BCUT2D eigenvalue weighted by atomic mass is 19.3. The molecule has 0 radical (unpaired) electrons. The number of halogens is 2. The quantitative estimate of drug-likeness (QED) is 0.803. The molecule has 0 spiro atoms. The van der Waals surface area contributed by atoms with Gasteiger partial charge in [0, 0.05) is 5.69 Å². The summed E-state index contributed by atoms with van der Waals surface area (Å²) in [4.78, 5) is 25.6. The number of primary amides is 1. The molecule has 3 rings (SSSR count). The van der Waals surface area contributed by atoms with Gasteiger partial charge in [0.15, 0.2) is 6.10 Å². The Bertz CT molecular complexity index is 830. The SMILES string of the molecule is NC(=O)[C@@H]1CN(CC(=O)Nc2ccc(OC(F)F)cc2)c2ccccc2O1. The number of hydrogen-bond donors (Lipinski definition) is 2. The summed E-state index contributed by atoms with van der Waals surface area (Å²) in [5.74, 6) is -0.509. The Labute approximate surface area is 153 Å². The summed E-state index contributed by atoms with van der Waals surface area (Å²) in [6.07, 6.45) is -0.863. The minimum atomic E-state index is -2.91. The normalized spacial score (nSPS) is 15.7. The van der Waals surface area contributed by atoms with E-state index in [1.54, 1.807) is 29.2 Å². The van der Waals surface area contributed by atoms with Gasteiger partial charge in [0.05, 0.1) is 18.8 Å². The Morgan fingerprint density at radius 1 is 1.22 bits per heavy atom. The van der Waals surface area contributed by atoms with Crippen molar-refractivity contribution in [1.82, 2.24) is 0 Å². The van der Waals surface area contributed by atoms with Crippen LogP contribution in [0.1, 0.15) is 0 Å². The van der Waals surface area contributed by atoms with Crippen molar-refractivity contribution in [3.63, 3.8) is 0 Å². The molecule has 0 saturated heterocycles. The summed E-state index contributed by atoms with van der Waals surface area (Å²) in [5, 5.41) is 2.66. The van der Waals surface area contributed by atoms with Gasteiger partial charge in [-0.2, -0.15) is 8.78 Å². The Balaban J connectivity index is 1.67. The number of nitrogens with zero attached hydrogens (tertiary/aromatic N) is 1. The molecule has 7 nitrogen and oxygen atoms in total. The molecule has 3 N–H and O–H groups in total. The summed E-state index contributed by atoms with van der Waals surface area (Å²) in [6.45, 7) is -2.81. The van der Waals surface area contributed by atoms with Gasteiger partial charge in [0.25, 0.3) is 5.91 Å². The van der Waals surface area contributed by atoms with E-state index in [-0.39, 0.29) is 24.7 Å². The van der Waals surface area contributed by atoms with Crippen molar-refractivity contribution in [2.45, 2.75) is 12.7 Å². The van der Waals surface area contributed by atoms with Gasteiger partial charge in [-0.05, 0) is 36.4 Å². The summed E-state index contributed by atoms with van der Waals surface area (Å²) in [5.41, 5.74) is 6.43. The second-order valence-corrected chi connectivity index (χ2v) is 5.81. The molecule has 27 heavy (non-hydrogen) atoms. The van der Waals surface area contributed by atoms with Crippen molar-refractivity contribution in [1.29, 1.82) is 0 Å². The Hall–Kier alpha value is -3.36. The number of alkyl halides is 2. The summed E-state index contributed by atoms with van der Waals surface area (Å²) < 4.78 is 34.1. The van der Waals surface area contributed by atoms with Crippen molar-refractivity contribution >= 4 is 23.2 Å². The number of nitrogens with two attached hydrogens (primary N) is 1. The lowest BCUT2D eigenvalue weighted by atomic mass is 10.1. The molecular formula is C18H17F2N3O4. The monoisotopic (exact) mass is 377 g/mol. The lowest BCUT2D eigenvalue weighted by Gasteiger charge is -2.34. The van der Waals surface area contributed by atoms with E-state index in [9.17, 15) is 18.4 Å². The molecule has 0 aliphatic carbocycles. The van der Waals surface area contributed by atoms with Crippen LogP contribution in [0.3, 0.4) is 0 Å². The Morgan fingerprint density at radius 2 is 1.93 bits per heavy atom. The number of carbonyl (C=O) groups is 2. The van der Waals surface area contributed by atoms with E-state index in [2.05, 4.69) is 10.1 Å². The van der Waals surface area contributed by atoms with Crippen LogP contribution in [-0.2, 0) is 9.59 Å². The van der Waals surface area contributed by atoms with Crippen molar-refractivity contribution in [2.24, 2.45) is 5.73 Å². The molecule has 142 valence electrons. The standard InChI is InChI=1S/C18H17F2N3O4/c19-18(20)26-12-7-5-11(6-8-12)22-16(24)10-23-9-15(17(21)25)27-14-4-2-1-3-13(14)23/h1-8,15,18H,9-10H2,(H2,21,25)(H,22,24)/t15-/m0/s1. The highest BCUT2D eigenvalue weighted by molar-refractivity contribution is 5.94. The number of para-hydroxylation sites is 2. The first-order valence-corrected chi connectivity index (χ1v) is 8.07. The lowest BCUT2D eigenvalue weighted by molar-refractivity contribution is -0.125. The van der Waals surface area contributed by atoms with Gasteiger partial charge in [-0.1, -0.05) is 12.1 Å². The predicted octanol–water partition coefficient (Wildman–Crippen LogP) is 1.98. The molecule has 0 aromatic heterocycles.